The Morgan fingerprint density at radius 3 is 2.73 bits per heavy atom. The lowest BCUT2D eigenvalue weighted by Gasteiger charge is -2.32. The van der Waals surface area contributed by atoms with Crippen LogP contribution in [0.3, 0.4) is 0 Å². The molecule has 2 aliphatic heterocycles. The van der Waals surface area contributed by atoms with Crippen molar-refractivity contribution in [2.24, 2.45) is 0 Å². The summed E-state index contributed by atoms with van der Waals surface area (Å²) in [6.45, 7) is 5.98. The molecule has 22 heavy (non-hydrogen) atoms. The van der Waals surface area contributed by atoms with Crippen LogP contribution < -0.4 is 5.32 Å². The summed E-state index contributed by atoms with van der Waals surface area (Å²) >= 11 is 0. The van der Waals surface area contributed by atoms with Crippen LogP contribution in [-0.2, 0) is 19.1 Å². The van der Waals surface area contributed by atoms with Crippen molar-refractivity contribution in [3.63, 3.8) is 0 Å². The molecule has 2 rings (SSSR count). The van der Waals surface area contributed by atoms with E-state index in [0.717, 1.165) is 19.4 Å². The van der Waals surface area contributed by atoms with Crippen LogP contribution >= 0.6 is 0 Å². The van der Waals surface area contributed by atoms with Crippen LogP contribution in [-0.4, -0.2) is 86.8 Å². The molecule has 0 spiro atoms. The molecule has 2 atom stereocenters. The average molecular weight is 313 g/mol. The number of hydrogen-bond acceptors (Lipinski definition) is 5. The summed E-state index contributed by atoms with van der Waals surface area (Å²) in [5.41, 5.74) is 0. The highest BCUT2D eigenvalue weighted by molar-refractivity contribution is 5.84. The zero-order valence-electron chi connectivity index (χ0n) is 13.5. The lowest BCUT2D eigenvalue weighted by molar-refractivity contribution is -0.140. The van der Waals surface area contributed by atoms with E-state index in [1.54, 1.807) is 7.11 Å². The van der Waals surface area contributed by atoms with Gasteiger partial charge in [-0.2, -0.15) is 0 Å². The number of amides is 2. The first-order chi connectivity index (χ1) is 10.6. The molecule has 2 saturated heterocycles. The van der Waals surface area contributed by atoms with E-state index < -0.39 is 0 Å². The molecule has 0 saturated carbocycles. The molecule has 0 bridgehead atoms. The van der Waals surface area contributed by atoms with E-state index >= 15 is 0 Å². The van der Waals surface area contributed by atoms with Gasteiger partial charge in [0.2, 0.25) is 11.8 Å². The lowest BCUT2D eigenvalue weighted by Crippen LogP contribution is -2.52. The van der Waals surface area contributed by atoms with Gasteiger partial charge in [0.05, 0.1) is 32.4 Å². The topological polar surface area (TPSA) is 71.1 Å². The molecular weight excluding hydrogens is 286 g/mol. The Morgan fingerprint density at radius 1 is 1.32 bits per heavy atom. The van der Waals surface area contributed by atoms with Crippen LogP contribution in [0.25, 0.3) is 0 Å². The van der Waals surface area contributed by atoms with Crippen molar-refractivity contribution in [1.29, 1.82) is 0 Å². The summed E-state index contributed by atoms with van der Waals surface area (Å²) in [6.07, 6.45) is 1.79. The van der Waals surface area contributed by atoms with Crippen molar-refractivity contribution in [3.8, 4) is 0 Å². The molecule has 0 unspecified atom stereocenters. The summed E-state index contributed by atoms with van der Waals surface area (Å²) in [5, 5.41) is 2.90. The Morgan fingerprint density at radius 2 is 2.05 bits per heavy atom. The number of methoxy groups -OCH3 is 1. The van der Waals surface area contributed by atoms with Gasteiger partial charge in [-0.3, -0.25) is 14.5 Å². The third-order valence-corrected chi connectivity index (χ3v) is 4.14. The van der Waals surface area contributed by atoms with Gasteiger partial charge in [-0.05, 0) is 26.3 Å². The average Bonchev–Trinajstić information content (AvgIpc) is 2.95. The van der Waals surface area contributed by atoms with Crippen LogP contribution in [0.4, 0.5) is 0 Å². The third kappa shape index (κ3) is 4.66. The van der Waals surface area contributed by atoms with E-state index in [1.165, 1.54) is 0 Å². The maximum absolute atomic E-state index is 12.6. The van der Waals surface area contributed by atoms with Gasteiger partial charge in [0, 0.05) is 26.2 Å². The standard InChI is InChI=1S/C15H27N3O4/c1-12(11-21-2)16-14(19)10-18-5-3-4-13(18)15(20)17-6-8-22-9-7-17/h12-13H,3-11H2,1-2H3,(H,16,19)/t12-,13+/m0/s1. The van der Waals surface area contributed by atoms with E-state index in [0.29, 0.717) is 32.9 Å². The lowest BCUT2D eigenvalue weighted by atomic mass is 10.2. The van der Waals surface area contributed by atoms with Gasteiger partial charge < -0.3 is 19.7 Å². The minimum atomic E-state index is -0.165. The van der Waals surface area contributed by atoms with Crippen molar-refractivity contribution < 1.29 is 19.1 Å². The molecule has 7 heteroatoms. The first-order valence-electron chi connectivity index (χ1n) is 8.00. The van der Waals surface area contributed by atoms with E-state index in [1.807, 2.05) is 16.7 Å². The Bertz CT molecular complexity index is 385. The molecule has 2 aliphatic rings. The Balaban J connectivity index is 1.84. The van der Waals surface area contributed by atoms with Crippen LogP contribution in [0.5, 0.6) is 0 Å². The van der Waals surface area contributed by atoms with E-state index in [9.17, 15) is 9.59 Å². The van der Waals surface area contributed by atoms with Crippen LogP contribution in [0.2, 0.25) is 0 Å². The first-order valence-corrected chi connectivity index (χ1v) is 8.00. The molecule has 1 N–H and O–H groups in total. The molecule has 0 aliphatic carbocycles. The number of nitrogens with zero attached hydrogens (tertiary/aromatic N) is 2. The molecule has 7 nitrogen and oxygen atoms in total. The van der Waals surface area contributed by atoms with Gasteiger partial charge in [-0.1, -0.05) is 0 Å². The molecule has 2 fully saturated rings. The maximum atomic E-state index is 12.6. The van der Waals surface area contributed by atoms with Gasteiger partial charge in [-0.25, -0.2) is 0 Å². The molecule has 2 heterocycles. The molecule has 2 amide bonds. The number of likely N-dealkylation sites (tertiary alicyclic amines) is 1. The van der Waals surface area contributed by atoms with Gasteiger partial charge >= 0.3 is 0 Å². The van der Waals surface area contributed by atoms with Crippen molar-refractivity contribution in [1.82, 2.24) is 15.1 Å². The second-order valence-electron chi connectivity index (χ2n) is 5.99. The predicted molar refractivity (Wildman–Crippen MR) is 81.5 cm³/mol. The second-order valence-corrected chi connectivity index (χ2v) is 5.99. The van der Waals surface area contributed by atoms with E-state index in [-0.39, 0.29) is 30.4 Å². The normalized spacial score (nSPS) is 24.3. The molecule has 0 radical (unpaired) electrons. The molecule has 0 aromatic carbocycles. The fraction of sp³-hybridized carbons (Fsp3) is 0.867. The summed E-state index contributed by atoms with van der Waals surface area (Å²) < 4.78 is 10.3. The second kappa shape index (κ2) is 8.45. The van der Waals surface area contributed by atoms with Crippen molar-refractivity contribution in [3.05, 3.63) is 0 Å². The first kappa shape index (κ1) is 17.2. The summed E-state index contributed by atoms with van der Waals surface area (Å²) in [4.78, 5) is 28.5. The molecule has 126 valence electrons. The third-order valence-electron chi connectivity index (χ3n) is 4.14. The molecular formula is C15H27N3O4. The Hall–Kier alpha value is -1.18. The van der Waals surface area contributed by atoms with Crippen LogP contribution in [0.15, 0.2) is 0 Å². The monoisotopic (exact) mass is 313 g/mol. The van der Waals surface area contributed by atoms with Crippen LogP contribution in [0.1, 0.15) is 19.8 Å². The predicted octanol–water partition coefficient (Wildman–Crippen LogP) is -0.539. The number of morpholine rings is 1. The highest BCUT2D eigenvalue weighted by Gasteiger charge is 2.35. The number of carbonyl (C=O) groups excluding carboxylic acids is 2. The quantitative estimate of drug-likeness (QED) is 0.713. The smallest absolute Gasteiger partial charge is 0.240 e. The summed E-state index contributed by atoms with van der Waals surface area (Å²) in [7, 11) is 1.61. The van der Waals surface area contributed by atoms with Gasteiger partial charge in [0.25, 0.3) is 0 Å². The number of rotatable bonds is 6. The maximum Gasteiger partial charge on any atom is 0.240 e. The zero-order chi connectivity index (χ0) is 15.9. The fourth-order valence-corrected chi connectivity index (χ4v) is 3.09. The Labute approximate surface area is 131 Å². The fourth-order valence-electron chi connectivity index (χ4n) is 3.09. The van der Waals surface area contributed by atoms with E-state index in [2.05, 4.69) is 5.32 Å². The van der Waals surface area contributed by atoms with Crippen molar-refractivity contribution in [2.75, 3.05) is 53.1 Å². The van der Waals surface area contributed by atoms with Crippen molar-refractivity contribution >= 4 is 11.8 Å². The highest BCUT2D eigenvalue weighted by Crippen LogP contribution is 2.19. The SMILES string of the molecule is COC[C@H](C)NC(=O)CN1CCC[C@@H]1C(=O)N1CCOCC1. The largest absolute Gasteiger partial charge is 0.383 e. The minimum Gasteiger partial charge on any atom is -0.383 e. The molecule has 0 aromatic rings. The number of nitrogens with one attached hydrogen (secondary N) is 1. The summed E-state index contributed by atoms with van der Waals surface area (Å²) in [6, 6.07) is -0.185. The highest BCUT2D eigenvalue weighted by atomic mass is 16.5. The van der Waals surface area contributed by atoms with Gasteiger partial charge in [-0.15, -0.1) is 0 Å². The minimum absolute atomic E-state index is 0.0199. The van der Waals surface area contributed by atoms with E-state index in [4.69, 9.17) is 9.47 Å². The number of carbonyl (C=O) groups is 2. The number of ether oxygens (including phenoxy) is 2. The number of hydrogen-bond donors (Lipinski definition) is 1. The van der Waals surface area contributed by atoms with Gasteiger partial charge in [0.1, 0.15) is 0 Å². The summed E-state index contributed by atoms with van der Waals surface area (Å²) in [5.74, 6) is 0.0877. The Kier molecular flexibility index (Phi) is 6.60. The molecule has 0 aromatic heterocycles. The van der Waals surface area contributed by atoms with Gasteiger partial charge in [0.15, 0.2) is 0 Å². The zero-order valence-corrected chi connectivity index (χ0v) is 13.5. The van der Waals surface area contributed by atoms with Crippen molar-refractivity contribution in [2.45, 2.75) is 31.8 Å². The van der Waals surface area contributed by atoms with Crippen LogP contribution in [0, 0.1) is 0 Å².